The summed E-state index contributed by atoms with van der Waals surface area (Å²) in [5.74, 6) is 0. The highest BCUT2D eigenvalue weighted by molar-refractivity contribution is 5.68. The van der Waals surface area contributed by atoms with Gasteiger partial charge in [0.15, 0.2) is 0 Å². The number of carbonyl (C=O) groups is 1. The van der Waals surface area contributed by atoms with Crippen molar-refractivity contribution >= 4 is 6.09 Å². The maximum Gasteiger partial charge on any atom is 0.410 e. The molecule has 1 saturated heterocycles. The molecule has 1 aliphatic heterocycles. The van der Waals surface area contributed by atoms with Crippen LogP contribution in [0.1, 0.15) is 25.7 Å². The zero-order valence-electron chi connectivity index (χ0n) is 9.86. The van der Waals surface area contributed by atoms with E-state index < -0.39 is 0 Å². The molecule has 0 bridgehead atoms. The molecule has 0 aromatic heterocycles. The van der Waals surface area contributed by atoms with Crippen LogP contribution in [0.3, 0.4) is 0 Å². The molecule has 1 heterocycles. The molecule has 0 aromatic rings. The first-order chi connectivity index (χ1) is 7.79. The van der Waals surface area contributed by atoms with E-state index in [1.165, 1.54) is 12.8 Å². The van der Waals surface area contributed by atoms with Crippen molar-refractivity contribution in [2.75, 3.05) is 32.7 Å². The molecule has 0 atom stereocenters. The third-order valence-electron chi connectivity index (χ3n) is 3.52. The van der Waals surface area contributed by atoms with Gasteiger partial charge in [-0.3, -0.25) is 4.90 Å². The number of amides is 1. The Bertz CT molecular complexity index is 231. The Morgan fingerprint density at radius 3 is 2.38 bits per heavy atom. The Hall–Kier alpha value is -0.770. The lowest BCUT2D eigenvalue weighted by Crippen LogP contribution is -2.49. The van der Waals surface area contributed by atoms with E-state index in [-0.39, 0.29) is 12.2 Å². The molecule has 2 aliphatic rings. The average Bonchev–Trinajstić information content (AvgIpc) is 2.82. The number of hydrogen-bond donors (Lipinski definition) is 0. The normalized spacial score (nSPS) is 23.7. The summed E-state index contributed by atoms with van der Waals surface area (Å²) in [7, 11) is 0. The summed E-state index contributed by atoms with van der Waals surface area (Å²) in [5.41, 5.74) is 0. The molecule has 2 fully saturated rings. The lowest BCUT2D eigenvalue weighted by atomic mass is 10.3. The topological polar surface area (TPSA) is 32.8 Å². The summed E-state index contributed by atoms with van der Waals surface area (Å²) in [6, 6.07) is 0. The fraction of sp³-hybridized carbons (Fsp3) is 0.833. The van der Waals surface area contributed by atoms with Crippen molar-refractivity contribution in [3.8, 4) is 0 Å². The van der Waals surface area contributed by atoms with Gasteiger partial charge < -0.3 is 9.64 Å². The SMILES string of the molecule is [CH2]CN1CCN(C(=O)OC2CCCC2)CC1. The van der Waals surface area contributed by atoms with Gasteiger partial charge in [-0.2, -0.15) is 0 Å². The van der Waals surface area contributed by atoms with Crippen LogP contribution in [0.5, 0.6) is 0 Å². The second kappa shape index (κ2) is 5.53. The van der Waals surface area contributed by atoms with Crippen LogP contribution in [0.15, 0.2) is 0 Å². The molecule has 2 rings (SSSR count). The number of nitrogens with zero attached hydrogens (tertiary/aromatic N) is 2. The van der Waals surface area contributed by atoms with E-state index in [9.17, 15) is 4.79 Å². The van der Waals surface area contributed by atoms with Crippen molar-refractivity contribution in [3.05, 3.63) is 6.92 Å². The zero-order valence-corrected chi connectivity index (χ0v) is 9.86. The van der Waals surface area contributed by atoms with Crippen molar-refractivity contribution in [3.63, 3.8) is 0 Å². The monoisotopic (exact) mass is 225 g/mol. The molecule has 0 N–H and O–H groups in total. The van der Waals surface area contributed by atoms with Crippen molar-refractivity contribution in [2.24, 2.45) is 0 Å². The van der Waals surface area contributed by atoms with E-state index in [1.807, 2.05) is 4.90 Å². The summed E-state index contributed by atoms with van der Waals surface area (Å²) in [5, 5.41) is 0. The Morgan fingerprint density at radius 2 is 1.81 bits per heavy atom. The summed E-state index contributed by atoms with van der Waals surface area (Å²) < 4.78 is 5.47. The largest absolute Gasteiger partial charge is 0.446 e. The molecule has 1 amide bonds. The number of hydrogen-bond acceptors (Lipinski definition) is 3. The minimum Gasteiger partial charge on any atom is -0.446 e. The van der Waals surface area contributed by atoms with Crippen LogP contribution in [0.25, 0.3) is 0 Å². The number of piperazine rings is 1. The molecule has 91 valence electrons. The van der Waals surface area contributed by atoms with E-state index in [2.05, 4.69) is 11.8 Å². The third-order valence-corrected chi connectivity index (χ3v) is 3.52. The van der Waals surface area contributed by atoms with Crippen LogP contribution in [-0.2, 0) is 4.74 Å². The molecule has 0 unspecified atom stereocenters. The molecule has 1 saturated carbocycles. The maximum atomic E-state index is 11.8. The van der Waals surface area contributed by atoms with Gasteiger partial charge >= 0.3 is 6.09 Å². The Labute approximate surface area is 97.5 Å². The molecule has 16 heavy (non-hydrogen) atoms. The minimum atomic E-state index is -0.115. The second-order valence-electron chi connectivity index (χ2n) is 4.62. The van der Waals surface area contributed by atoms with Gasteiger partial charge in [-0.15, -0.1) is 0 Å². The van der Waals surface area contributed by atoms with E-state index in [4.69, 9.17) is 4.74 Å². The van der Waals surface area contributed by atoms with Crippen LogP contribution in [-0.4, -0.2) is 54.7 Å². The van der Waals surface area contributed by atoms with Crippen LogP contribution in [0.4, 0.5) is 4.79 Å². The van der Waals surface area contributed by atoms with Gasteiger partial charge in [0, 0.05) is 26.2 Å². The number of carbonyl (C=O) groups excluding carboxylic acids is 1. The Kier molecular flexibility index (Phi) is 4.04. The van der Waals surface area contributed by atoms with Gasteiger partial charge in [-0.1, -0.05) is 0 Å². The smallest absolute Gasteiger partial charge is 0.410 e. The van der Waals surface area contributed by atoms with Crippen molar-refractivity contribution in [2.45, 2.75) is 31.8 Å². The zero-order chi connectivity index (χ0) is 11.4. The number of rotatable bonds is 2. The van der Waals surface area contributed by atoms with Gasteiger partial charge in [0.2, 0.25) is 0 Å². The quantitative estimate of drug-likeness (QED) is 0.714. The first-order valence-corrected chi connectivity index (χ1v) is 6.27. The molecule has 4 nitrogen and oxygen atoms in total. The lowest BCUT2D eigenvalue weighted by molar-refractivity contribution is 0.0498. The van der Waals surface area contributed by atoms with E-state index in [1.54, 1.807) is 0 Å². The van der Waals surface area contributed by atoms with Crippen molar-refractivity contribution in [1.82, 2.24) is 9.80 Å². The van der Waals surface area contributed by atoms with Crippen LogP contribution >= 0.6 is 0 Å². The summed E-state index contributed by atoms with van der Waals surface area (Å²) in [4.78, 5) is 15.9. The Balaban J connectivity index is 1.73. The van der Waals surface area contributed by atoms with E-state index in [0.29, 0.717) is 0 Å². The lowest BCUT2D eigenvalue weighted by Gasteiger charge is -2.33. The van der Waals surface area contributed by atoms with Gasteiger partial charge in [0.1, 0.15) is 6.10 Å². The maximum absolute atomic E-state index is 11.8. The predicted molar refractivity (Wildman–Crippen MR) is 62.1 cm³/mol. The molecule has 0 aromatic carbocycles. The van der Waals surface area contributed by atoms with Gasteiger partial charge in [-0.05, 0) is 39.2 Å². The highest BCUT2D eigenvalue weighted by Gasteiger charge is 2.25. The summed E-state index contributed by atoms with van der Waals surface area (Å²) in [6.45, 7) is 8.08. The standard InChI is InChI=1S/C12H21N2O2/c1-2-13-7-9-14(10-8-13)12(15)16-11-5-3-4-6-11/h11H,1-10H2. The van der Waals surface area contributed by atoms with Gasteiger partial charge in [0.25, 0.3) is 0 Å². The third kappa shape index (κ3) is 2.88. The second-order valence-corrected chi connectivity index (χ2v) is 4.62. The van der Waals surface area contributed by atoms with Crippen LogP contribution < -0.4 is 0 Å². The molecular formula is C12H21N2O2. The van der Waals surface area contributed by atoms with E-state index in [0.717, 1.165) is 45.6 Å². The molecule has 1 aliphatic carbocycles. The number of ether oxygens (including phenoxy) is 1. The van der Waals surface area contributed by atoms with Gasteiger partial charge in [0.05, 0.1) is 0 Å². The highest BCUT2D eigenvalue weighted by Crippen LogP contribution is 2.21. The molecular weight excluding hydrogens is 204 g/mol. The van der Waals surface area contributed by atoms with Crippen molar-refractivity contribution in [1.29, 1.82) is 0 Å². The Morgan fingerprint density at radius 1 is 1.19 bits per heavy atom. The first kappa shape index (κ1) is 11.7. The van der Waals surface area contributed by atoms with Gasteiger partial charge in [-0.25, -0.2) is 4.79 Å². The van der Waals surface area contributed by atoms with Crippen LogP contribution in [0.2, 0.25) is 0 Å². The molecule has 0 spiro atoms. The van der Waals surface area contributed by atoms with Crippen molar-refractivity contribution < 1.29 is 9.53 Å². The molecule has 1 radical (unpaired) electrons. The fourth-order valence-corrected chi connectivity index (χ4v) is 2.38. The molecule has 4 heteroatoms. The average molecular weight is 225 g/mol. The first-order valence-electron chi connectivity index (χ1n) is 6.27. The summed E-state index contributed by atoms with van der Waals surface area (Å²) >= 11 is 0. The highest BCUT2D eigenvalue weighted by atomic mass is 16.6. The fourth-order valence-electron chi connectivity index (χ4n) is 2.38. The van der Waals surface area contributed by atoms with Crippen LogP contribution in [0, 0.1) is 6.92 Å². The van der Waals surface area contributed by atoms with E-state index >= 15 is 0 Å². The predicted octanol–water partition coefficient (Wildman–Crippen LogP) is 1.52. The summed E-state index contributed by atoms with van der Waals surface area (Å²) in [6.07, 6.45) is 4.56. The minimum absolute atomic E-state index is 0.115.